The molecule has 9 heteroatoms. The first-order valence-electron chi connectivity index (χ1n) is 9.10. The van der Waals surface area contributed by atoms with Gasteiger partial charge in [0.25, 0.3) is 5.91 Å². The molecule has 1 aromatic rings. The molecule has 1 fully saturated rings. The van der Waals surface area contributed by atoms with E-state index >= 15 is 0 Å². The molecule has 1 aromatic carbocycles. The van der Waals surface area contributed by atoms with E-state index in [0.717, 1.165) is 6.07 Å². The highest BCUT2D eigenvalue weighted by atomic mass is 79.9. The van der Waals surface area contributed by atoms with Crippen molar-refractivity contribution in [2.45, 2.75) is 51.8 Å². The first-order valence-corrected chi connectivity index (χ1v) is 10.3. The molecule has 28 heavy (non-hydrogen) atoms. The van der Waals surface area contributed by atoms with Crippen LogP contribution in [0.3, 0.4) is 0 Å². The van der Waals surface area contributed by atoms with Gasteiger partial charge < -0.3 is 19.3 Å². The van der Waals surface area contributed by atoms with E-state index in [1.54, 1.807) is 9.80 Å². The van der Waals surface area contributed by atoms with Crippen LogP contribution in [0.1, 0.15) is 44.5 Å². The highest BCUT2D eigenvalue weighted by Crippen LogP contribution is 2.40. The summed E-state index contributed by atoms with van der Waals surface area (Å²) in [7, 11) is 0. The summed E-state index contributed by atoms with van der Waals surface area (Å²) < 4.78 is 25.4. The number of benzene rings is 1. The number of carbonyl (C=O) groups excluding carboxylic acids is 2. The van der Waals surface area contributed by atoms with Gasteiger partial charge in [-0.1, -0.05) is 11.6 Å². The van der Waals surface area contributed by atoms with Gasteiger partial charge in [-0.25, -0.2) is 9.18 Å². The lowest BCUT2D eigenvalue weighted by Crippen LogP contribution is -2.61. The largest absolute Gasteiger partial charge is 0.491 e. The molecule has 0 bridgehead atoms. The monoisotopic (exact) mass is 476 g/mol. The van der Waals surface area contributed by atoms with Crippen molar-refractivity contribution in [1.82, 2.24) is 9.80 Å². The van der Waals surface area contributed by atoms with Gasteiger partial charge in [-0.15, -0.1) is 0 Å². The highest BCUT2D eigenvalue weighted by molar-refractivity contribution is 9.10. The molecular weight excluding hydrogens is 455 g/mol. The Kier molecular flexibility index (Phi) is 5.83. The molecular formula is C19H23BrClFN2O4. The third kappa shape index (κ3) is 4.08. The molecule has 0 aromatic heterocycles. The van der Waals surface area contributed by atoms with Crippen molar-refractivity contribution in [3.63, 3.8) is 0 Å². The molecule has 154 valence electrons. The molecule has 0 N–H and O–H groups in total. The van der Waals surface area contributed by atoms with Gasteiger partial charge in [-0.2, -0.15) is 0 Å². The molecule has 2 amide bonds. The summed E-state index contributed by atoms with van der Waals surface area (Å²) in [6, 6.07) is 0.644. The number of fused-ring (bicyclic) bond motifs is 2. The van der Waals surface area contributed by atoms with Crippen LogP contribution in [-0.2, 0) is 4.74 Å². The van der Waals surface area contributed by atoms with Crippen molar-refractivity contribution >= 4 is 39.5 Å². The topological polar surface area (TPSA) is 59.1 Å². The minimum atomic E-state index is -0.627. The lowest BCUT2D eigenvalue weighted by molar-refractivity contribution is -0.0136. The van der Waals surface area contributed by atoms with Crippen LogP contribution < -0.4 is 4.74 Å². The van der Waals surface area contributed by atoms with E-state index in [0.29, 0.717) is 19.5 Å². The summed E-state index contributed by atoms with van der Waals surface area (Å²) in [4.78, 5) is 29.0. The standard InChI is InChI=1S/C19H23BrClFN2O4/c1-10-8-24-11(9-23(10)18(26)28-19(2,3)4)5-6-27-16-12(17(24)25)7-13(22)14(20)15(16)21/h7,10-11H,5-6,8-9H2,1-4H3/t10-,11+/m1/s1. The Balaban J connectivity index is 1.89. The van der Waals surface area contributed by atoms with Crippen LogP contribution in [-0.4, -0.2) is 59.2 Å². The number of amides is 2. The van der Waals surface area contributed by atoms with Crippen molar-refractivity contribution < 1.29 is 23.5 Å². The normalized spacial score (nSPS) is 22.6. The molecule has 1 saturated heterocycles. The number of hydrogen-bond donors (Lipinski definition) is 0. The maximum Gasteiger partial charge on any atom is 0.410 e. The maximum atomic E-state index is 14.2. The Morgan fingerprint density at radius 3 is 2.71 bits per heavy atom. The Labute approximate surface area is 177 Å². The average molecular weight is 478 g/mol. The molecule has 0 spiro atoms. The number of piperazine rings is 1. The second-order valence-corrected chi connectivity index (χ2v) is 9.26. The first-order chi connectivity index (χ1) is 13.0. The fourth-order valence-corrected chi connectivity index (χ4v) is 3.98. The lowest BCUT2D eigenvalue weighted by Gasteiger charge is -2.46. The van der Waals surface area contributed by atoms with E-state index in [1.165, 1.54) is 0 Å². The van der Waals surface area contributed by atoms with Crippen LogP contribution in [0.5, 0.6) is 5.75 Å². The zero-order valence-electron chi connectivity index (χ0n) is 16.2. The predicted molar refractivity (Wildman–Crippen MR) is 106 cm³/mol. The molecule has 0 unspecified atom stereocenters. The SMILES string of the molecule is C[C@@H]1CN2C(=O)c3cc(F)c(Br)c(Cl)c3OCC[C@H]2CN1C(=O)OC(C)(C)C. The molecule has 2 atom stereocenters. The number of rotatable bonds is 0. The van der Waals surface area contributed by atoms with E-state index < -0.39 is 17.5 Å². The van der Waals surface area contributed by atoms with Crippen molar-refractivity contribution in [3.05, 3.63) is 26.9 Å². The molecule has 2 heterocycles. The lowest BCUT2D eigenvalue weighted by atomic mass is 10.0. The third-order valence-electron chi connectivity index (χ3n) is 4.78. The molecule has 0 radical (unpaired) electrons. The number of hydrogen-bond acceptors (Lipinski definition) is 4. The van der Waals surface area contributed by atoms with Gasteiger partial charge in [0.15, 0.2) is 5.75 Å². The van der Waals surface area contributed by atoms with Crippen LogP contribution >= 0.6 is 27.5 Å². The molecule has 2 aliphatic rings. The van der Waals surface area contributed by atoms with Gasteiger partial charge in [0, 0.05) is 25.6 Å². The van der Waals surface area contributed by atoms with E-state index in [4.69, 9.17) is 21.1 Å². The van der Waals surface area contributed by atoms with Crippen LogP contribution in [0.25, 0.3) is 0 Å². The number of halogens is 3. The highest BCUT2D eigenvalue weighted by Gasteiger charge is 2.40. The van der Waals surface area contributed by atoms with E-state index in [2.05, 4.69) is 15.9 Å². The molecule has 6 nitrogen and oxygen atoms in total. The van der Waals surface area contributed by atoms with Gasteiger partial charge in [0.2, 0.25) is 0 Å². The van der Waals surface area contributed by atoms with Gasteiger partial charge in [0.1, 0.15) is 16.4 Å². The third-order valence-corrected chi connectivity index (χ3v) is 6.14. The van der Waals surface area contributed by atoms with E-state index in [-0.39, 0.29) is 45.4 Å². The number of nitrogens with zero attached hydrogens (tertiary/aromatic N) is 2. The second-order valence-electron chi connectivity index (χ2n) is 8.09. The van der Waals surface area contributed by atoms with Crippen molar-refractivity contribution in [2.24, 2.45) is 0 Å². The summed E-state index contributed by atoms with van der Waals surface area (Å²) in [5.41, 5.74) is -0.512. The summed E-state index contributed by atoms with van der Waals surface area (Å²) >= 11 is 9.26. The number of carbonyl (C=O) groups is 2. The smallest absolute Gasteiger partial charge is 0.410 e. The Morgan fingerprint density at radius 2 is 2.07 bits per heavy atom. The zero-order valence-corrected chi connectivity index (χ0v) is 18.6. The summed E-state index contributed by atoms with van der Waals surface area (Å²) in [6.07, 6.45) is 0.108. The summed E-state index contributed by atoms with van der Waals surface area (Å²) in [6.45, 7) is 8.23. The van der Waals surface area contributed by atoms with Gasteiger partial charge in [0.05, 0.1) is 22.7 Å². The molecule has 0 aliphatic carbocycles. The fraction of sp³-hybridized carbons (Fsp3) is 0.579. The first kappa shape index (κ1) is 21.2. The van der Waals surface area contributed by atoms with Crippen molar-refractivity contribution in [1.29, 1.82) is 0 Å². The van der Waals surface area contributed by atoms with E-state index in [1.807, 2.05) is 27.7 Å². The maximum absolute atomic E-state index is 14.2. The van der Waals surface area contributed by atoms with Crippen molar-refractivity contribution in [3.8, 4) is 5.75 Å². The quantitative estimate of drug-likeness (QED) is 0.517. The molecule has 3 rings (SSSR count). The van der Waals surface area contributed by atoms with Crippen LogP contribution in [0, 0.1) is 5.82 Å². The second kappa shape index (κ2) is 7.71. The zero-order chi connectivity index (χ0) is 20.8. The summed E-state index contributed by atoms with van der Waals surface area (Å²) in [5.74, 6) is -0.803. The Hall–Kier alpha value is -1.54. The molecule has 0 saturated carbocycles. The Bertz CT molecular complexity index is 814. The van der Waals surface area contributed by atoms with Gasteiger partial charge >= 0.3 is 6.09 Å². The minimum absolute atomic E-state index is 0.0437. The van der Waals surface area contributed by atoms with Crippen molar-refractivity contribution in [2.75, 3.05) is 19.7 Å². The Morgan fingerprint density at radius 1 is 1.39 bits per heavy atom. The van der Waals surface area contributed by atoms with E-state index in [9.17, 15) is 14.0 Å². The van der Waals surface area contributed by atoms with Crippen LogP contribution in [0.4, 0.5) is 9.18 Å². The van der Waals surface area contributed by atoms with Crippen LogP contribution in [0.2, 0.25) is 5.02 Å². The minimum Gasteiger partial charge on any atom is -0.491 e. The van der Waals surface area contributed by atoms with Crippen LogP contribution in [0.15, 0.2) is 10.5 Å². The molecule has 2 aliphatic heterocycles. The van der Waals surface area contributed by atoms with Gasteiger partial charge in [-0.3, -0.25) is 4.79 Å². The number of ether oxygens (including phenoxy) is 2. The van der Waals surface area contributed by atoms with Gasteiger partial charge in [-0.05, 0) is 49.7 Å². The predicted octanol–water partition coefficient (Wildman–Crippen LogP) is 4.47. The average Bonchev–Trinajstić information content (AvgIpc) is 2.59. The summed E-state index contributed by atoms with van der Waals surface area (Å²) in [5, 5.41) is 0.0437. The fourth-order valence-electron chi connectivity index (χ4n) is 3.44.